The van der Waals surface area contributed by atoms with E-state index in [2.05, 4.69) is 5.32 Å². The highest BCUT2D eigenvalue weighted by Gasteiger charge is 2.28. The fraction of sp³-hybridized carbons (Fsp3) is 0.381. The Labute approximate surface area is 174 Å². The van der Waals surface area contributed by atoms with Crippen LogP contribution in [-0.4, -0.2) is 42.4 Å². The van der Waals surface area contributed by atoms with E-state index in [1.165, 1.54) is 12.2 Å². The molecule has 0 unspecified atom stereocenters. The van der Waals surface area contributed by atoms with E-state index >= 15 is 0 Å². The third kappa shape index (κ3) is 5.35. The molecule has 0 fully saturated rings. The van der Waals surface area contributed by atoms with Gasteiger partial charge in [-0.25, -0.2) is 4.79 Å². The van der Waals surface area contributed by atoms with Gasteiger partial charge in [0.05, 0.1) is 17.0 Å². The Bertz CT molecular complexity index is 922. The molecule has 2 aromatic rings. The number of anilines is 1. The molecule has 0 bridgehead atoms. The number of esters is 1. The Morgan fingerprint density at radius 3 is 2.41 bits per heavy atom. The van der Waals surface area contributed by atoms with E-state index in [9.17, 15) is 14.4 Å². The topological polar surface area (TPSA) is 88.8 Å². The maximum absolute atomic E-state index is 12.8. The first-order valence-electron chi connectivity index (χ1n) is 9.47. The van der Waals surface area contributed by atoms with Gasteiger partial charge in [0.15, 0.2) is 0 Å². The van der Waals surface area contributed by atoms with Crippen molar-refractivity contribution in [2.75, 3.05) is 25.0 Å². The van der Waals surface area contributed by atoms with Crippen LogP contribution in [0.4, 0.5) is 5.00 Å². The van der Waals surface area contributed by atoms with E-state index in [4.69, 9.17) is 9.15 Å². The molecule has 156 valence electrons. The summed E-state index contributed by atoms with van der Waals surface area (Å²) in [5.74, 6) is 0.102. The second-order valence-electron chi connectivity index (χ2n) is 6.23. The lowest BCUT2D eigenvalue weighted by atomic mass is 10.1. The van der Waals surface area contributed by atoms with Gasteiger partial charge in [-0.3, -0.25) is 9.59 Å². The molecule has 2 amide bonds. The number of nitrogens with one attached hydrogen (secondary N) is 1. The third-order valence-electron chi connectivity index (χ3n) is 4.27. The van der Waals surface area contributed by atoms with Crippen LogP contribution in [0.1, 0.15) is 57.9 Å². The molecular formula is C21H26N2O5S. The number of hydrogen-bond donors (Lipinski definition) is 1. The summed E-state index contributed by atoms with van der Waals surface area (Å²) in [6.45, 7) is 10.3. The van der Waals surface area contributed by atoms with Crippen molar-refractivity contribution in [2.45, 2.75) is 34.6 Å². The monoisotopic (exact) mass is 418 g/mol. The van der Waals surface area contributed by atoms with Crippen LogP contribution in [-0.2, 0) is 9.53 Å². The van der Waals surface area contributed by atoms with Crippen molar-refractivity contribution in [3.63, 3.8) is 0 Å². The normalized spacial score (nSPS) is 10.9. The van der Waals surface area contributed by atoms with Crippen molar-refractivity contribution >= 4 is 40.2 Å². The second-order valence-corrected chi connectivity index (χ2v) is 7.25. The first-order valence-corrected chi connectivity index (χ1v) is 10.3. The number of rotatable bonds is 8. The van der Waals surface area contributed by atoms with Gasteiger partial charge in [-0.15, -0.1) is 11.3 Å². The molecule has 2 rings (SSSR count). The number of thiophene rings is 1. The van der Waals surface area contributed by atoms with Crippen LogP contribution in [0.25, 0.3) is 6.08 Å². The lowest BCUT2D eigenvalue weighted by Crippen LogP contribution is -2.30. The number of nitrogens with zero attached hydrogens (tertiary/aromatic N) is 1. The molecule has 0 aliphatic rings. The number of carbonyl (C=O) groups excluding carboxylic acids is 3. The molecule has 29 heavy (non-hydrogen) atoms. The van der Waals surface area contributed by atoms with Gasteiger partial charge in [0.1, 0.15) is 16.5 Å². The van der Waals surface area contributed by atoms with E-state index in [-0.39, 0.29) is 18.1 Å². The Morgan fingerprint density at radius 2 is 1.86 bits per heavy atom. The fourth-order valence-corrected chi connectivity index (χ4v) is 3.93. The van der Waals surface area contributed by atoms with E-state index in [0.29, 0.717) is 34.3 Å². The zero-order valence-corrected chi connectivity index (χ0v) is 18.1. The number of carbonyl (C=O) groups is 3. The molecule has 0 aliphatic carbocycles. The Balaban J connectivity index is 2.34. The molecule has 0 radical (unpaired) electrons. The van der Waals surface area contributed by atoms with Crippen LogP contribution in [0.5, 0.6) is 0 Å². The largest absolute Gasteiger partial charge is 0.462 e. The minimum Gasteiger partial charge on any atom is -0.462 e. The first-order chi connectivity index (χ1) is 13.8. The molecule has 0 aromatic carbocycles. The molecule has 0 atom stereocenters. The zero-order valence-electron chi connectivity index (χ0n) is 17.3. The zero-order chi connectivity index (χ0) is 21.6. The van der Waals surface area contributed by atoms with Crippen molar-refractivity contribution < 1.29 is 23.5 Å². The highest BCUT2D eigenvalue weighted by atomic mass is 32.1. The minimum absolute atomic E-state index is 0.176. The van der Waals surface area contributed by atoms with E-state index in [1.807, 2.05) is 20.8 Å². The fourth-order valence-electron chi connectivity index (χ4n) is 2.76. The molecule has 1 N–H and O–H groups in total. The van der Waals surface area contributed by atoms with Gasteiger partial charge in [-0.1, -0.05) is 0 Å². The van der Waals surface area contributed by atoms with Crippen LogP contribution < -0.4 is 5.32 Å². The molecule has 0 saturated carbocycles. The molecule has 0 saturated heterocycles. The molecule has 7 nitrogen and oxygen atoms in total. The predicted octanol–water partition coefficient (Wildman–Crippen LogP) is 4.27. The highest BCUT2D eigenvalue weighted by molar-refractivity contribution is 7.18. The summed E-state index contributed by atoms with van der Waals surface area (Å²) in [5.41, 5.74) is 0.717. The first kappa shape index (κ1) is 22.4. The van der Waals surface area contributed by atoms with Gasteiger partial charge in [0, 0.05) is 19.2 Å². The summed E-state index contributed by atoms with van der Waals surface area (Å²) in [5, 5.41) is 2.99. The summed E-state index contributed by atoms with van der Waals surface area (Å²) in [7, 11) is 0. The SMILES string of the molecule is CCOC(=O)c1c(NC(=O)C=Cc2ccc(C)o2)sc(C(=O)N(CC)CC)c1C. The van der Waals surface area contributed by atoms with Gasteiger partial charge in [-0.2, -0.15) is 0 Å². The molecule has 8 heteroatoms. The van der Waals surface area contributed by atoms with Crippen LogP contribution in [0.15, 0.2) is 22.6 Å². The molecule has 2 aromatic heterocycles. The Hall–Kier alpha value is -2.87. The van der Waals surface area contributed by atoms with E-state index in [1.54, 1.807) is 30.9 Å². The van der Waals surface area contributed by atoms with E-state index in [0.717, 1.165) is 17.1 Å². The Kier molecular flexibility index (Phi) is 7.78. The number of ether oxygens (including phenoxy) is 1. The minimum atomic E-state index is -0.569. The smallest absolute Gasteiger partial charge is 0.341 e. The summed E-state index contributed by atoms with van der Waals surface area (Å²) in [6.07, 6.45) is 2.85. The quantitative estimate of drug-likeness (QED) is 0.511. The van der Waals surface area contributed by atoms with Gasteiger partial charge in [0.25, 0.3) is 5.91 Å². The molecule has 0 spiro atoms. The standard InChI is InChI=1S/C21H26N2O5S/c1-6-23(7-2)20(25)18-14(5)17(21(26)27-8-3)19(29-18)22-16(24)12-11-15-10-9-13(4)28-15/h9-12H,6-8H2,1-5H3,(H,22,24). The van der Waals surface area contributed by atoms with Crippen LogP contribution in [0, 0.1) is 13.8 Å². The average molecular weight is 419 g/mol. The van der Waals surface area contributed by atoms with Crippen LogP contribution in [0.2, 0.25) is 0 Å². The summed E-state index contributed by atoms with van der Waals surface area (Å²) in [6, 6.07) is 3.55. The number of hydrogen-bond acceptors (Lipinski definition) is 6. The number of aryl methyl sites for hydroxylation is 1. The van der Waals surface area contributed by atoms with Gasteiger partial charge >= 0.3 is 5.97 Å². The summed E-state index contributed by atoms with van der Waals surface area (Å²) in [4.78, 5) is 39.7. The predicted molar refractivity (Wildman–Crippen MR) is 113 cm³/mol. The van der Waals surface area contributed by atoms with Crippen LogP contribution in [0.3, 0.4) is 0 Å². The third-order valence-corrected chi connectivity index (χ3v) is 5.46. The average Bonchev–Trinajstić information content (AvgIpc) is 3.24. The van der Waals surface area contributed by atoms with E-state index < -0.39 is 11.9 Å². The number of amides is 2. The molecule has 0 aliphatic heterocycles. The van der Waals surface area contributed by atoms with Crippen molar-refractivity contribution in [3.8, 4) is 0 Å². The van der Waals surface area contributed by atoms with Crippen molar-refractivity contribution in [1.29, 1.82) is 0 Å². The summed E-state index contributed by atoms with van der Waals surface area (Å²) < 4.78 is 10.5. The maximum atomic E-state index is 12.8. The molecular weight excluding hydrogens is 392 g/mol. The van der Waals surface area contributed by atoms with Crippen molar-refractivity contribution in [2.24, 2.45) is 0 Å². The van der Waals surface area contributed by atoms with Crippen LogP contribution >= 0.6 is 11.3 Å². The van der Waals surface area contributed by atoms with Gasteiger partial charge in [-0.05, 0) is 58.4 Å². The maximum Gasteiger partial charge on any atom is 0.341 e. The number of furan rings is 1. The lowest BCUT2D eigenvalue weighted by Gasteiger charge is -2.18. The van der Waals surface area contributed by atoms with Crippen molar-refractivity contribution in [1.82, 2.24) is 4.90 Å². The highest BCUT2D eigenvalue weighted by Crippen LogP contribution is 2.34. The van der Waals surface area contributed by atoms with Crippen molar-refractivity contribution in [3.05, 3.63) is 45.7 Å². The van der Waals surface area contributed by atoms with Gasteiger partial charge in [0.2, 0.25) is 5.91 Å². The molecule has 2 heterocycles. The second kappa shape index (κ2) is 10.1. The van der Waals surface area contributed by atoms with Gasteiger partial charge < -0.3 is 19.4 Å². The lowest BCUT2D eigenvalue weighted by molar-refractivity contribution is -0.111. The summed E-state index contributed by atoms with van der Waals surface area (Å²) >= 11 is 1.08. The Morgan fingerprint density at radius 1 is 1.17 bits per heavy atom.